The summed E-state index contributed by atoms with van der Waals surface area (Å²) in [6, 6.07) is 8.50. The molecule has 0 N–H and O–H groups in total. The normalized spacial score (nSPS) is 26.3. The van der Waals surface area contributed by atoms with Gasteiger partial charge in [0.1, 0.15) is 0 Å². The van der Waals surface area contributed by atoms with Crippen LogP contribution in [0.1, 0.15) is 32.6 Å². The second-order valence-electron chi connectivity index (χ2n) is 7.05. The largest absolute Gasteiger partial charge is 0.342 e. The van der Waals surface area contributed by atoms with Crippen LogP contribution in [-0.2, 0) is 14.8 Å². The van der Waals surface area contributed by atoms with Crippen molar-refractivity contribution in [2.75, 3.05) is 26.2 Å². The molecule has 1 amide bonds. The van der Waals surface area contributed by atoms with Crippen LogP contribution in [0.25, 0.3) is 0 Å². The minimum absolute atomic E-state index is 0.134. The average molecular weight is 350 g/mol. The molecule has 2 fully saturated rings. The lowest BCUT2D eigenvalue weighted by molar-refractivity contribution is -0.138. The summed E-state index contributed by atoms with van der Waals surface area (Å²) in [6.45, 7) is 4.59. The van der Waals surface area contributed by atoms with E-state index in [-0.39, 0.29) is 11.8 Å². The van der Waals surface area contributed by atoms with Gasteiger partial charge in [0.15, 0.2) is 0 Å². The predicted molar refractivity (Wildman–Crippen MR) is 92.9 cm³/mol. The molecule has 0 radical (unpaired) electrons. The molecule has 2 aliphatic heterocycles. The molecule has 2 heterocycles. The van der Waals surface area contributed by atoms with Gasteiger partial charge in [0, 0.05) is 26.2 Å². The molecule has 0 aliphatic carbocycles. The SMILES string of the molecule is CC1CCCN(C(=O)C2CCCN(S(=O)(=O)c3ccccc3)C2)C1. The number of carbonyl (C=O) groups excluding carboxylic acids is 1. The quantitative estimate of drug-likeness (QED) is 0.841. The van der Waals surface area contributed by atoms with Crippen LogP contribution in [0.2, 0.25) is 0 Å². The first-order chi connectivity index (χ1) is 11.5. The van der Waals surface area contributed by atoms with Crippen LogP contribution in [-0.4, -0.2) is 49.7 Å². The van der Waals surface area contributed by atoms with Crippen LogP contribution >= 0.6 is 0 Å². The van der Waals surface area contributed by atoms with Crippen LogP contribution in [0, 0.1) is 11.8 Å². The molecule has 2 unspecified atom stereocenters. The Bertz CT molecular complexity index is 675. The van der Waals surface area contributed by atoms with Gasteiger partial charge in [-0.3, -0.25) is 4.79 Å². The zero-order chi connectivity index (χ0) is 17.2. The minimum atomic E-state index is -3.51. The molecular weight excluding hydrogens is 324 g/mol. The molecule has 0 aromatic heterocycles. The first kappa shape index (κ1) is 17.4. The van der Waals surface area contributed by atoms with Gasteiger partial charge in [-0.05, 0) is 43.7 Å². The standard InChI is InChI=1S/C18H26N2O3S/c1-15-7-5-11-19(13-15)18(21)16-8-6-12-20(14-16)24(22,23)17-9-3-2-4-10-17/h2-4,9-10,15-16H,5-8,11-14H2,1H3. The highest BCUT2D eigenvalue weighted by Crippen LogP contribution is 2.26. The number of rotatable bonds is 3. The van der Waals surface area contributed by atoms with Crippen molar-refractivity contribution in [2.45, 2.75) is 37.5 Å². The van der Waals surface area contributed by atoms with Gasteiger partial charge in [0.25, 0.3) is 0 Å². The number of sulfonamides is 1. The Morgan fingerprint density at radius 3 is 2.46 bits per heavy atom. The van der Waals surface area contributed by atoms with Gasteiger partial charge in [-0.1, -0.05) is 25.1 Å². The molecule has 3 rings (SSSR count). The van der Waals surface area contributed by atoms with E-state index in [4.69, 9.17) is 0 Å². The molecule has 2 saturated heterocycles. The lowest BCUT2D eigenvalue weighted by Crippen LogP contribution is -2.48. The molecule has 1 aromatic rings. The fraction of sp³-hybridized carbons (Fsp3) is 0.611. The lowest BCUT2D eigenvalue weighted by Gasteiger charge is -2.37. The summed E-state index contributed by atoms with van der Waals surface area (Å²) in [7, 11) is -3.51. The highest BCUT2D eigenvalue weighted by molar-refractivity contribution is 7.89. The van der Waals surface area contributed by atoms with Crippen molar-refractivity contribution < 1.29 is 13.2 Å². The van der Waals surface area contributed by atoms with Gasteiger partial charge in [0.05, 0.1) is 10.8 Å². The Morgan fingerprint density at radius 2 is 1.75 bits per heavy atom. The van der Waals surface area contributed by atoms with Crippen molar-refractivity contribution in [1.82, 2.24) is 9.21 Å². The number of hydrogen-bond donors (Lipinski definition) is 0. The monoisotopic (exact) mass is 350 g/mol. The summed E-state index contributed by atoms with van der Waals surface area (Å²) in [6.07, 6.45) is 3.74. The van der Waals surface area contributed by atoms with Crippen LogP contribution < -0.4 is 0 Å². The van der Waals surface area contributed by atoms with Crippen molar-refractivity contribution >= 4 is 15.9 Å². The third-order valence-electron chi connectivity index (χ3n) is 5.08. The molecular formula is C18H26N2O3S. The predicted octanol–water partition coefficient (Wildman–Crippen LogP) is 2.35. The van der Waals surface area contributed by atoms with Crippen LogP contribution in [0.15, 0.2) is 35.2 Å². The van der Waals surface area contributed by atoms with Crippen LogP contribution in [0.3, 0.4) is 0 Å². The Kier molecular flexibility index (Phi) is 5.25. The lowest BCUT2D eigenvalue weighted by atomic mass is 9.94. The number of carbonyl (C=O) groups is 1. The summed E-state index contributed by atoms with van der Waals surface area (Å²) < 4.78 is 27.1. The Hall–Kier alpha value is -1.40. The highest BCUT2D eigenvalue weighted by atomic mass is 32.2. The van der Waals surface area contributed by atoms with E-state index in [1.165, 1.54) is 10.7 Å². The summed E-state index contributed by atoms with van der Waals surface area (Å²) in [4.78, 5) is 15.1. The number of piperidine rings is 2. The molecule has 132 valence electrons. The Balaban J connectivity index is 1.71. The maximum Gasteiger partial charge on any atom is 0.243 e. The average Bonchev–Trinajstić information content (AvgIpc) is 2.62. The van der Waals surface area contributed by atoms with E-state index in [0.717, 1.165) is 32.4 Å². The third kappa shape index (κ3) is 3.64. The van der Waals surface area contributed by atoms with Crippen LogP contribution in [0.5, 0.6) is 0 Å². The van der Waals surface area contributed by atoms with Gasteiger partial charge in [-0.25, -0.2) is 8.42 Å². The van der Waals surface area contributed by atoms with Crippen molar-refractivity contribution in [3.63, 3.8) is 0 Å². The zero-order valence-corrected chi connectivity index (χ0v) is 15.0. The third-order valence-corrected chi connectivity index (χ3v) is 6.96. The highest BCUT2D eigenvalue weighted by Gasteiger charge is 2.35. The first-order valence-corrected chi connectivity index (χ1v) is 10.3. The summed E-state index contributed by atoms with van der Waals surface area (Å²) in [5, 5.41) is 0. The van der Waals surface area contributed by atoms with Crippen molar-refractivity contribution in [3.8, 4) is 0 Å². The molecule has 0 bridgehead atoms. The molecule has 0 saturated carbocycles. The van der Waals surface area contributed by atoms with E-state index in [9.17, 15) is 13.2 Å². The fourth-order valence-electron chi connectivity index (χ4n) is 3.75. The van der Waals surface area contributed by atoms with E-state index in [1.807, 2.05) is 4.90 Å². The zero-order valence-electron chi connectivity index (χ0n) is 14.2. The second kappa shape index (κ2) is 7.23. The maximum atomic E-state index is 12.8. The number of likely N-dealkylation sites (tertiary alicyclic amines) is 1. The molecule has 5 nitrogen and oxygen atoms in total. The number of benzene rings is 1. The Morgan fingerprint density at radius 1 is 1.04 bits per heavy atom. The maximum absolute atomic E-state index is 12.8. The van der Waals surface area contributed by atoms with Crippen molar-refractivity contribution in [2.24, 2.45) is 11.8 Å². The molecule has 1 aromatic carbocycles. The Labute approximate surface area is 144 Å². The minimum Gasteiger partial charge on any atom is -0.342 e. The first-order valence-electron chi connectivity index (χ1n) is 8.82. The van der Waals surface area contributed by atoms with E-state index in [2.05, 4.69) is 6.92 Å². The van der Waals surface area contributed by atoms with Gasteiger partial charge >= 0.3 is 0 Å². The van der Waals surface area contributed by atoms with Gasteiger partial charge in [-0.15, -0.1) is 0 Å². The van der Waals surface area contributed by atoms with Crippen molar-refractivity contribution in [1.29, 1.82) is 0 Å². The smallest absolute Gasteiger partial charge is 0.243 e. The number of amides is 1. The molecule has 0 spiro atoms. The van der Waals surface area contributed by atoms with E-state index < -0.39 is 10.0 Å². The van der Waals surface area contributed by atoms with E-state index >= 15 is 0 Å². The van der Waals surface area contributed by atoms with Gasteiger partial charge in [0.2, 0.25) is 15.9 Å². The van der Waals surface area contributed by atoms with E-state index in [0.29, 0.717) is 23.9 Å². The molecule has 24 heavy (non-hydrogen) atoms. The topological polar surface area (TPSA) is 57.7 Å². The number of nitrogens with zero attached hydrogens (tertiary/aromatic N) is 2. The molecule has 2 atom stereocenters. The molecule has 2 aliphatic rings. The second-order valence-corrected chi connectivity index (χ2v) is 8.98. The van der Waals surface area contributed by atoms with Gasteiger partial charge in [-0.2, -0.15) is 4.31 Å². The van der Waals surface area contributed by atoms with Crippen LogP contribution in [0.4, 0.5) is 0 Å². The summed E-state index contributed by atoms with van der Waals surface area (Å²) in [5.41, 5.74) is 0. The van der Waals surface area contributed by atoms with Crippen molar-refractivity contribution in [3.05, 3.63) is 30.3 Å². The number of hydrogen-bond acceptors (Lipinski definition) is 3. The summed E-state index contributed by atoms with van der Waals surface area (Å²) >= 11 is 0. The van der Waals surface area contributed by atoms with Gasteiger partial charge < -0.3 is 4.90 Å². The molecule has 6 heteroatoms. The fourth-order valence-corrected chi connectivity index (χ4v) is 5.30. The summed E-state index contributed by atoms with van der Waals surface area (Å²) in [5.74, 6) is 0.465. The van der Waals surface area contributed by atoms with E-state index in [1.54, 1.807) is 30.3 Å².